The fourth-order valence-electron chi connectivity index (χ4n) is 7.45. The number of nitrogens with zero attached hydrogens (tertiary/aromatic N) is 2. The predicted molar refractivity (Wildman–Crippen MR) is 184 cm³/mol. The lowest BCUT2D eigenvalue weighted by atomic mass is 9.77. The van der Waals surface area contributed by atoms with Crippen LogP contribution in [0.3, 0.4) is 0 Å². The molecule has 3 aromatic carbocycles. The van der Waals surface area contributed by atoms with E-state index < -0.39 is 72.3 Å². The molecule has 1 saturated heterocycles. The molecule has 8 atom stereocenters. The van der Waals surface area contributed by atoms with Gasteiger partial charge in [0.1, 0.15) is 30.2 Å². The number of anilines is 1. The summed E-state index contributed by atoms with van der Waals surface area (Å²) < 4.78 is 11.3. The van der Waals surface area contributed by atoms with Crippen molar-refractivity contribution in [1.29, 1.82) is 0 Å². The highest BCUT2D eigenvalue weighted by atomic mass is 16.7. The summed E-state index contributed by atoms with van der Waals surface area (Å²) in [7, 11) is 0. The Morgan fingerprint density at radius 1 is 1.00 bits per heavy atom. The molecule has 1 amide bonds. The summed E-state index contributed by atoms with van der Waals surface area (Å²) in [6.45, 7) is -0.709. The normalized spacial score (nSPS) is 27.8. The number of amides is 1. The zero-order chi connectivity index (χ0) is 36.7. The Morgan fingerprint density at radius 2 is 1.79 bits per heavy atom. The zero-order valence-corrected chi connectivity index (χ0v) is 27.6. The highest BCUT2D eigenvalue weighted by Gasteiger charge is 2.62. The number of aliphatic carboxylic acids is 1. The number of carbonyl (C=O) groups excluding carboxylic acids is 1. The second-order valence-electron chi connectivity index (χ2n) is 13.2. The fourth-order valence-corrected chi connectivity index (χ4v) is 7.45. The maximum atomic E-state index is 14.3. The van der Waals surface area contributed by atoms with Crippen molar-refractivity contribution in [3.63, 3.8) is 0 Å². The second kappa shape index (κ2) is 13.9. The van der Waals surface area contributed by atoms with Gasteiger partial charge >= 0.3 is 5.97 Å². The van der Waals surface area contributed by atoms with Gasteiger partial charge in [-0.1, -0.05) is 48.6 Å². The Morgan fingerprint density at radius 3 is 2.50 bits per heavy atom. The van der Waals surface area contributed by atoms with Crippen LogP contribution in [0.5, 0.6) is 17.2 Å². The van der Waals surface area contributed by atoms with Gasteiger partial charge in [0.05, 0.1) is 18.6 Å². The van der Waals surface area contributed by atoms with Gasteiger partial charge in [-0.3, -0.25) is 9.69 Å². The molecule has 8 N–H and O–H groups in total. The number of nitrogens with one attached hydrogen (secondary N) is 1. The first kappa shape index (κ1) is 34.9. The molecule has 14 nitrogen and oxygen atoms in total. The van der Waals surface area contributed by atoms with Crippen LogP contribution >= 0.6 is 0 Å². The molecule has 0 saturated carbocycles. The van der Waals surface area contributed by atoms with E-state index in [1.54, 1.807) is 24.4 Å². The first-order valence-corrected chi connectivity index (χ1v) is 16.6. The van der Waals surface area contributed by atoms with E-state index in [2.05, 4.69) is 9.97 Å². The van der Waals surface area contributed by atoms with Gasteiger partial charge in [0, 0.05) is 41.9 Å². The van der Waals surface area contributed by atoms with Crippen molar-refractivity contribution in [1.82, 2.24) is 9.97 Å². The molecule has 2 aliphatic heterocycles. The molecule has 1 aromatic heterocycles. The number of phenolic OH excluding ortho intramolecular Hbond substituents is 2. The number of carbonyl (C=O) groups is 2. The molecule has 0 bridgehead atoms. The van der Waals surface area contributed by atoms with E-state index in [-0.39, 0.29) is 17.2 Å². The molecule has 7 rings (SSSR count). The van der Waals surface area contributed by atoms with Gasteiger partial charge < -0.3 is 50.2 Å². The topological polar surface area (TPSA) is 226 Å². The largest absolute Gasteiger partial charge is 0.508 e. The van der Waals surface area contributed by atoms with Gasteiger partial charge in [-0.05, 0) is 53.3 Å². The van der Waals surface area contributed by atoms with E-state index in [1.807, 2.05) is 30.3 Å². The molecule has 1 aliphatic carbocycles. The number of H-pyrrole nitrogens is 1. The molecule has 270 valence electrons. The summed E-state index contributed by atoms with van der Waals surface area (Å²) in [5, 5.41) is 73.4. The molecule has 3 aliphatic rings. The van der Waals surface area contributed by atoms with E-state index in [1.165, 1.54) is 42.8 Å². The molecule has 1 fully saturated rings. The minimum Gasteiger partial charge on any atom is -0.508 e. The molecule has 0 unspecified atom stereocenters. The first-order chi connectivity index (χ1) is 25.0. The zero-order valence-electron chi connectivity index (χ0n) is 27.6. The van der Waals surface area contributed by atoms with Crippen LogP contribution < -0.4 is 9.64 Å². The molecule has 52 heavy (non-hydrogen) atoms. The average Bonchev–Trinajstić information content (AvgIpc) is 3.85. The Kier molecular flexibility index (Phi) is 9.33. The van der Waals surface area contributed by atoms with Crippen molar-refractivity contribution >= 4 is 23.6 Å². The molecular formula is C38H37N3O11. The Bertz CT molecular complexity index is 2020. The average molecular weight is 712 g/mol. The van der Waals surface area contributed by atoms with Gasteiger partial charge in [0.25, 0.3) is 5.91 Å². The minimum atomic E-state index is -1.90. The standard InChI is InChI=1S/C38H37N3O11/c42-18-30-33(46)34(47)35(48)36(52-30)51-29-16-26-25(15-28(29)44)32-22(12-20-4-2-1-3-5-20)10-11-38(32,37(49)50)41(26)31(45)9-7-21-6-8-27(43)23(13-21)14-24-17-39-19-40-24/h1-11,13,15-17,19,22,30,32-36,42-44,46-48H,12,14,18H2,(H,39,40)(H,49,50)/b9-7+/t22-,30+,32+,33+,34-,35+,36+,38+/m0/s1. The van der Waals surface area contributed by atoms with E-state index in [0.29, 0.717) is 29.5 Å². The van der Waals surface area contributed by atoms with Crippen LogP contribution in [0.15, 0.2) is 91.4 Å². The lowest BCUT2D eigenvalue weighted by Crippen LogP contribution is -2.60. The number of aliphatic hydroxyl groups is 4. The number of carboxylic acid groups (broad SMARTS) is 1. The summed E-state index contributed by atoms with van der Waals surface area (Å²) >= 11 is 0. The number of ether oxygens (including phenoxy) is 2. The monoisotopic (exact) mass is 711 g/mol. The van der Waals surface area contributed by atoms with Crippen LogP contribution in [-0.4, -0.2) is 100 Å². The first-order valence-electron chi connectivity index (χ1n) is 16.6. The SMILES string of the molecule is O=C(/C=C/c1ccc(O)c(Cc2cnc[nH]2)c1)N1c2cc(O[C@@H]3O[C@H](CO)[C@@H](O)[C@H](O)[C@H]3O)c(O)cc2[C@H]2[C@H](Cc3ccccc3)C=C[C@]21C(=O)O. The van der Waals surface area contributed by atoms with E-state index in [0.717, 1.165) is 16.2 Å². The number of aromatic amines is 1. The fraction of sp³-hybridized carbons (Fsp3) is 0.289. The number of aromatic hydroxyl groups is 2. The van der Waals surface area contributed by atoms with Crippen LogP contribution in [0.4, 0.5) is 5.69 Å². The van der Waals surface area contributed by atoms with Crippen molar-refractivity contribution < 1.29 is 54.8 Å². The summed E-state index contributed by atoms with van der Waals surface area (Å²) in [5.74, 6) is -3.97. The van der Waals surface area contributed by atoms with Crippen molar-refractivity contribution in [2.75, 3.05) is 11.5 Å². The maximum absolute atomic E-state index is 14.3. The van der Waals surface area contributed by atoms with Crippen LogP contribution in [0.2, 0.25) is 0 Å². The van der Waals surface area contributed by atoms with Gasteiger partial charge in [-0.25, -0.2) is 9.78 Å². The van der Waals surface area contributed by atoms with Gasteiger partial charge in [-0.15, -0.1) is 0 Å². The van der Waals surface area contributed by atoms with Crippen molar-refractivity contribution in [2.45, 2.75) is 55.0 Å². The number of carboxylic acids is 1. The quantitative estimate of drug-likeness (QED) is 0.0873. The van der Waals surface area contributed by atoms with Crippen LogP contribution in [-0.2, 0) is 27.2 Å². The van der Waals surface area contributed by atoms with E-state index in [9.17, 15) is 45.3 Å². The Hall–Kier alpha value is -5.51. The number of rotatable bonds is 10. The van der Waals surface area contributed by atoms with Crippen molar-refractivity contribution in [3.05, 3.63) is 119 Å². The summed E-state index contributed by atoms with van der Waals surface area (Å²) in [6.07, 6.45) is 1.80. The predicted octanol–water partition coefficient (Wildman–Crippen LogP) is 1.99. The number of aliphatic hydroxyl groups excluding tert-OH is 4. The van der Waals surface area contributed by atoms with Gasteiger partial charge in [0.2, 0.25) is 6.29 Å². The number of hydrogen-bond acceptors (Lipinski definition) is 11. The van der Waals surface area contributed by atoms with Crippen LogP contribution in [0, 0.1) is 5.92 Å². The summed E-state index contributed by atoms with van der Waals surface area (Å²) in [6, 6.07) is 16.9. The Balaban J connectivity index is 1.27. The third kappa shape index (κ3) is 6.10. The minimum absolute atomic E-state index is 0.0477. The number of aromatic nitrogens is 2. The molecule has 14 heteroatoms. The maximum Gasteiger partial charge on any atom is 0.334 e. The number of phenols is 2. The Labute approximate surface area is 297 Å². The van der Waals surface area contributed by atoms with Crippen LogP contribution in [0.25, 0.3) is 6.08 Å². The van der Waals surface area contributed by atoms with E-state index >= 15 is 0 Å². The number of imidazole rings is 1. The molecule has 3 heterocycles. The number of hydrogen-bond donors (Lipinski definition) is 8. The van der Waals surface area contributed by atoms with Gasteiger partial charge in [-0.2, -0.15) is 0 Å². The highest BCUT2D eigenvalue weighted by molar-refractivity contribution is 6.13. The van der Waals surface area contributed by atoms with Gasteiger partial charge in [0.15, 0.2) is 17.0 Å². The number of benzene rings is 3. The van der Waals surface area contributed by atoms with E-state index in [4.69, 9.17) is 9.47 Å². The van der Waals surface area contributed by atoms with Crippen molar-refractivity contribution in [3.8, 4) is 17.2 Å². The second-order valence-corrected chi connectivity index (χ2v) is 13.2. The lowest BCUT2D eigenvalue weighted by molar-refractivity contribution is -0.277. The summed E-state index contributed by atoms with van der Waals surface area (Å²) in [5.41, 5.74) is 1.40. The third-order valence-electron chi connectivity index (χ3n) is 9.98. The molecule has 0 radical (unpaired) electrons. The van der Waals surface area contributed by atoms with Crippen LogP contribution in [0.1, 0.15) is 33.9 Å². The summed E-state index contributed by atoms with van der Waals surface area (Å²) in [4.78, 5) is 35.9. The third-order valence-corrected chi connectivity index (χ3v) is 9.98. The molecular weight excluding hydrogens is 674 g/mol. The highest BCUT2D eigenvalue weighted by Crippen LogP contribution is 2.58. The van der Waals surface area contributed by atoms with Crippen molar-refractivity contribution in [2.24, 2.45) is 5.92 Å². The lowest BCUT2D eigenvalue weighted by Gasteiger charge is -2.39. The smallest absolute Gasteiger partial charge is 0.334 e. The number of allylic oxidation sites excluding steroid dienone is 1. The molecule has 0 spiro atoms. The molecule has 4 aromatic rings. The number of fused-ring (bicyclic) bond motifs is 3.